The van der Waals surface area contributed by atoms with Crippen molar-refractivity contribution in [3.8, 4) is 0 Å². The van der Waals surface area contributed by atoms with E-state index in [0.29, 0.717) is 0 Å². The third-order valence-corrected chi connectivity index (χ3v) is 9.44. The third kappa shape index (κ3) is 2.23. The zero-order valence-electron chi connectivity index (χ0n) is 10.2. The van der Waals surface area contributed by atoms with Gasteiger partial charge < -0.3 is 0 Å². The van der Waals surface area contributed by atoms with Gasteiger partial charge in [0, 0.05) is 0 Å². The summed E-state index contributed by atoms with van der Waals surface area (Å²) in [5.74, 6) is 0. The Bertz CT molecular complexity index is 316. The highest BCUT2D eigenvalue weighted by molar-refractivity contribution is 6.92. The minimum absolute atomic E-state index is 1.23. The van der Waals surface area contributed by atoms with Crippen LogP contribution in [0.2, 0.25) is 18.1 Å². The molecule has 0 unspecified atom stereocenters. The van der Waals surface area contributed by atoms with Gasteiger partial charge in [0.05, 0.1) is 8.07 Å². The summed E-state index contributed by atoms with van der Waals surface area (Å²) in [7, 11) is -1.23. The summed E-state index contributed by atoms with van der Waals surface area (Å²) in [6.07, 6.45) is 2.01. The molecule has 0 bridgehead atoms. The van der Waals surface area contributed by atoms with Crippen LogP contribution < -0.4 is 5.19 Å². The maximum Gasteiger partial charge on any atom is 0.0866 e. The van der Waals surface area contributed by atoms with E-state index in [2.05, 4.69) is 51.6 Å². The van der Waals surface area contributed by atoms with Gasteiger partial charge in [0.1, 0.15) is 0 Å². The van der Waals surface area contributed by atoms with E-state index in [-0.39, 0.29) is 0 Å². The van der Waals surface area contributed by atoms with Crippen LogP contribution in [0.4, 0.5) is 0 Å². The Kier molecular flexibility index (Phi) is 4.34. The van der Waals surface area contributed by atoms with Crippen molar-refractivity contribution >= 4 is 19.3 Å². The van der Waals surface area contributed by atoms with E-state index < -0.39 is 8.07 Å². The predicted molar refractivity (Wildman–Crippen MR) is 73.4 cm³/mol. The van der Waals surface area contributed by atoms with Crippen molar-refractivity contribution in [1.82, 2.24) is 0 Å². The SMILES string of the molecule is C=Cc1ccccc1[Si](CC)(CC)CC. The van der Waals surface area contributed by atoms with Crippen LogP contribution >= 0.6 is 0 Å². The molecule has 0 aliphatic rings. The molecule has 0 heterocycles. The van der Waals surface area contributed by atoms with Crippen LogP contribution in [0.1, 0.15) is 26.3 Å². The standard InChI is InChI=1S/C14H22Si/c1-5-13-11-9-10-12-14(13)15(6-2,7-3)8-4/h5,9-12H,1,6-8H2,2-4H3. The molecular formula is C14H22Si. The van der Waals surface area contributed by atoms with E-state index in [1.165, 1.54) is 23.7 Å². The molecule has 0 amide bonds. The van der Waals surface area contributed by atoms with Gasteiger partial charge >= 0.3 is 0 Å². The van der Waals surface area contributed by atoms with Crippen LogP contribution in [0.5, 0.6) is 0 Å². The quantitative estimate of drug-likeness (QED) is 0.654. The van der Waals surface area contributed by atoms with Crippen molar-refractivity contribution in [2.45, 2.75) is 38.9 Å². The average Bonchev–Trinajstić information content (AvgIpc) is 2.33. The second kappa shape index (κ2) is 5.31. The summed E-state index contributed by atoms with van der Waals surface area (Å²) < 4.78 is 0. The molecule has 0 atom stereocenters. The largest absolute Gasteiger partial charge is 0.0985 e. The summed E-state index contributed by atoms with van der Waals surface area (Å²) in [6.45, 7) is 11.0. The number of rotatable bonds is 5. The Balaban J connectivity index is 3.27. The van der Waals surface area contributed by atoms with Crippen LogP contribution in [-0.4, -0.2) is 8.07 Å². The molecule has 0 aliphatic carbocycles. The molecule has 0 aliphatic heterocycles. The van der Waals surface area contributed by atoms with Gasteiger partial charge in [0.15, 0.2) is 0 Å². The van der Waals surface area contributed by atoms with Gasteiger partial charge in [0.25, 0.3) is 0 Å². The Hall–Kier alpha value is -0.823. The van der Waals surface area contributed by atoms with Crippen LogP contribution in [0.3, 0.4) is 0 Å². The van der Waals surface area contributed by atoms with Gasteiger partial charge in [-0.15, -0.1) is 0 Å². The molecule has 15 heavy (non-hydrogen) atoms. The van der Waals surface area contributed by atoms with Gasteiger partial charge in [0.2, 0.25) is 0 Å². The van der Waals surface area contributed by atoms with E-state index in [1.807, 2.05) is 6.08 Å². The van der Waals surface area contributed by atoms with Gasteiger partial charge in [-0.3, -0.25) is 0 Å². The molecule has 0 saturated carbocycles. The normalized spacial score (nSPS) is 11.4. The number of hydrogen-bond acceptors (Lipinski definition) is 0. The molecule has 1 aromatic rings. The first-order valence-corrected chi connectivity index (χ1v) is 8.58. The highest BCUT2D eigenvalue weighted by Crippen LogP contribution is 2.22. The van der Waals surface area contributed by atoms with Crippen molar-refractivity contribution in [1.29, 1.82) is 0 Å². The second-order valence-electron chi connectivity index (χ2n) is 4.13. The van der Waals surface area contributed by atoms with Crippen LogP contribution in [0.25, 0.3) is 6.08 Å². The van der Waals surface area contributed by atoms with Gasteiger partial charge in [-0.1, -0.05) is 81.0 Å². The van der Waals surface area contributed by atoms with Crippen molar-refractivity contribution in [2.24, 2.45) is 0 Å². The highest BCUT2D eigenvalue weighted by Gasteiger charge is 2.30. The van der Waals surface area contributed by atoms with Crippen LogP contribution in [0, 0.1) is 0 Å². The second-order valence-corrected chi connectivity index (χ2v) is 9.35. The van der Waals surface area contributed by atoms with Gasteiger partial charge in [-0.2, -0.15) is 0 Å². The summed E-state index contributed by atoms with van der Waals surface area (Å²) in [4.78, 5) is 0. The van der Waals surface area contributed by atoms with Crippen molar-refractivity contribution in [2.75, 3.05) is 0 Å². The van der Waals surface area contributed by atoms with E-state index >= 15 is 0 Å². The molecule has 1 rings (SSSR count). The van der Waals surface area contributed by atoms with Crippen LogP contribution in [0.15, 0.2) is 30.8 Å². The zero-order valence-corrected chi connectivity index (χ0v) is 11.2. The summed E-state index contributed by atoms with van der Waals surface area (Å²) >= 11 is 0. The maximum absolute atomic E-state index is 3.93. The van der Waals surface area contributed by atoms with E-state index in [1.54, 1.807) is 5.19 Å². The minimum Gasteiger partial charge on any atom is -0.0985 e. The third-order valence-electron chi connectivity index (χ3n) is 3.78. The molecule has 0 spiro atoms. The summed E-state index contributed by atoms with van der Waals surface area (Å²) in [5, 5.41) is 1.60. The molecule has 82 valence electrons. The fourth-order valence-corrected chi connectivity index (χ4v) is 6.37. The first-order chi connectivity index (χ1) is 7.24. The maximum atomic E-state index is 3.93. The molecule has 0 radical (unpaired) electrons. The zero-order chi connectivity index (χ0) is 11.3. The molecule has 0 fully saturated rings. The lowest BCUT2D eigenvalue weighted by Gasteiger charge is -2.30. The number of benzene rings is 1. The molecule has 0 saturated heterocycles. The minimum atomic E-state index is -1.23. The predicted octanol–water partition coefficient (Wildman–Crippen LogP) is 4.05. The molecule has 0 nitrogen and oxygen atoms in total. The summed E-state index contributed by atoms with van der Waals surface area (Å²) in [6, 6.07) is 12.8. The van der Waals surface area contributed by atoms with Crippen LogP contribution in [-0.2, 0) is 0 Å². The monoisotopic (exact) mass is 218 g/mol. The lowest BCUT2D eigenvalue weighted by molar-refractivity contribution is 1.19. The molecule has 1 heteroatoms. The Morgan fingerprint density at radius 1 is 1.07 bits per heavy atom. The lowest BCUT2D eigenvalue weighted by Crippen LogP contribution is -2.47. The average molecular weight is 218 g/mol. The van der Waals surface area contributed by atoms with Crippen molar-refractivity contribution < 1.29 is 0 Å². The molecular weight excluding hydrogens is 196 g/mol. The first-order valence-electron chi connectivity index (χ1n) is 5.96. The fourth-order valence-electron chi connectivity index (χ4n) is 2.48. The molecule has 0 N–H and O–H groups in total. The fraction of sp³-hybridized carbons (Fsp3) is 0.429. The van der Waals surface area contributed by atoms with E-state index in [9.17, 15) is 0 Å². The van der Waals surface area contributed by atoms with Crippen molar-refractivity contribution in [3.05, 3.63) is 36.4 Å². The van der Waals surface area contributed by atoms with E-state index in [4.69, 9.17) is 0 Å². The lowest BCUT2D eigenvalue weighted by atomic mass is 10.2. The van der Waals surface area contributed by atoms with E-state index in [0.717, 1.165) is 0 Å². The Labute approximate surface area is 95.0 Å². The van der Waals surface area contributed by atoms with Gasteiger partial charge in [-0.25, -0.2) is 0 Å². The van der Waals surface area contributed by atoms with Crippen molar-refractivity contribution in [3.63, 3.8) is 0 Å². The number of hydrogen-bond donors (Lipinski definition) is 0. The topological polar surface area (TPSA) is 0 Å². The molecule has 0 aromatic heterocycles. The Morgan fingerprint density at radius 3 is 2.07 bits per heavy atom. The Morgan fingerprint density at radius 2 is 1.60 bits per heavy atom. The molecule has 1 aromatic carbocycles. The summed E-state index contributed by atoms with van der Waals surface area (Å²) in [5.41, 5.74) is 1.36. The first kappa shape index (κ1) is 12.2. The van der Waals surface area contributed by atoms with Gasteiger partial charge in [-0.05, 0) is 5.56 Å². The smallest absolute Gasteiger partial charge is 0.0866 e. The highest BCUT2D eigenvalue weighted by atomic mass is 28.3.